The lowest BCUT2D eigenvalue weighted by Gasteiger charge is -2.46. The van der Waals surface area contributed by atoms with Gasteiger partial charge in [0.25, 0.3) is 11.8 Å². The maximum Gasteiger partial charge on any atom is 0.347 e. The van der Waals surface area contributed by atoms with Gasteiger partial charge in [0, 0.05) is 61.8 Å². The summed E-state index contributed by atoms with van der Waals surface area (Å²) in [5, 5.41) is 37.2. The minimum absolute atomic E-state index is 0.0130. The largest absolute Gasteiger partial charge is 0.506 e. The summed E-state index contributed by atoms with van der Waals surface area (Å²) in [6.45, 7) is 6.14. The molecule has 3 aliphatic rings. The number of nitrogens with zero attached hydrogens (tertiary/aromatic N) is 3. The number of H-pyrrole nitrogens is 1. The Morgan fingerprint density at radius 3 is 2.12 bits per heavy atom. The van der Waals surface area contributed by atoms with Crippen molar-refractivity contribution in [3.63, 3.8) is 0 Å². The molecule has 0 saturated carbocycles. The number of carbonyl (C=O) groups excluding carboxylic acids is 3. The van der Waals surface area contributed by atoms with Crippen LogP contribution in [0.3, 0.4) is 0 Å². The SMILES string of the molecule is O=C(COc1cccc([C@](O)(C(=O)OCC2CCN(Cc3ccccc3)CC2)c2ccccc2)c1)N1CCC2(CC1)CCN(C(=O)c1ccc(CCNC[C@H](O)c3ccc(O)c4[nH]c(=O)ccc34)cc1)CC2. The van der Waals surface area contributed by atoms with E-state index in [1.807, 2.05) is 46.2 Å². The highest BCUT2D eigenvalue weighted by Crippen LogP contribution is 2.42. The molecule has 9 rings (SSSR count). The van der Waals surface area contributed by atoms with Gasteiger partial charge in [-0.1, -0.05) is 91.0 Å². The first kappa shape index (κ1) is 50.1. The van der Waals surface area contributed by atoms with E-state index in [0.717, 1.165) is 63.7 Å². The molecule has 1 aromatic heterocycles. The van der Waals surface area contributed by atoms with E-state index in [1.54, 1.807) is 60.7 Å². The molecule has 3 saturated heterocycles. The normalized spacial score (nSPS) is 17.6. The molecule has 0 aliphatic carbocycles. The smallest absolute Gasteiger partial charge is 0.347 e. The van der Waals surface area contributed by atoms with Crippen molar-refractivity contribution in [3.05, 3.63) is 177 Å². The molecule has 0 bridgehead atoms. The second-order valence-electron chi connectivity index (χ2n) is 19.8. The van der Waals surface area contributed by atoms with Gasteiger partial charge in [0.05, 0.1) is 18.2 Å². The van der Waals surface area contributed by atoms with Crippen LogP contribution in [-0.2, 0) is 32.9 Å². The predicted molar refractivity (Wildman–Crippen MR) is 274 cm³/mol. The van der Waals surface area contributed by atoms with E-state index < -0.39 is 17.7 Å². The number of aromatic hydroxyl groups is 1. The minimum Gasteiger partial charge on any atom is -0.506 e. The Kier molecular flexibility index (Phi) is 15.8. The van der Waals surface area contributed by atoms with E-state index in [9.17, 15) is 34.5 Å². The van der Waals surface area contributed by atoms with Crippen LogP contribution in [0.15, 0.2) is 138 Å². The number of pyridine rings is 1. The third-order valence-electron chi connectivity index (χ3n) is 15.2. The van der Waals surface area contributed by atoms with E-state index in [2.05, 4.69) is 39.5 Å². The molecule has 0 radical (unpaired) electrons. The second-order valence-corrected chi connectivity index (χ2v) is 19.8. The third-order valence-corrected chi connectivity index (χ3v) is 15.2. The maximum absolute atomic E-state index is 13.9. The van der Waals surface area contributed by atoms with Gasteiger partial charge < -0.3 is 44.9 Å². The van der Waals surface area contributed by atoms with Gasteiger partial charge in [-0.15, -0.1) is 0 Å². The molecule has 4 heterocycles. The highest BCUT2D eigenvalue weighted by molar-refractivity contribution is 5.94. The molecule has 2 amide bonds. The predicted octanol–water partition coefficient (Wildman–Crippen LogP) is 6.71. The molecule has 6 aromatic rings. The molecule has 14 heteroatoms. The zero-order valence-electron chi connectivity index (χ0n) is 40.7. The van der Waals surface area contributed by atoms with E-state index in [4.69, 9.17) is 9.47 Å². The molecular formula is C58H65N5O9. The van der Waals surface area contributed by atoms with Crippen molar-refractivity contribution in [2.75, 3.05) is 65.6 Å². The number of fused-ring (bicyclic) bond motifs is 1. The van der Waals surface area contributed by atoms with E-state index in [1.165, 1.54) is 17.7 Å². The summed E-state index contributed by atoms with van der Waals surface area (Å²) in [5.41, 5.74) is 2.22. The van der Waals surface area contributed by atoms with Crippen molar-refractivity contribution in [3.8, 4) is 11.5 Å². The first-order valence-corrected chi connectivity index (χ1v) is 25.3. The molecule has 0 unspecified atom stereocenters. The minimum atomic E-state index is -2.09. The van der Waals surface area contributed by atoms with Gasteiger partial charge in [-0.3, -0.25) is 19.3 Å². The molecule has 3 aliphatic heterocycles. The fourth-order valence-corrected chi connectivity index (χ4v) is 10.6. The highest BCUT2D eigenvalue weighted by atomic mass is 16.6. The monoisotopic (exact) mass is 975 g/mol. The summed E-state index contributed by atoms with van der Waals surface area (Å²) in [4.78, 5) is 61.6. The highest BCUT2D eigenvalue weighted by Gasteiger charge is 2.43. The lowest BCUT2D eigenvalue weighted by Crippen LogP contribution is -2.50. The fraction of sp³-hybridized carbons (Fsp3) is 0.379. The summed E-state index contributed by atoms with van der Waals surface area (Å²) in [6.07, 6.45) is 5.08. The van der Waals surface area contributed by atoms with E-state index in [0.29, 0.717) is 78.1 Å². The van der Waals surface area contributed by atoms with Crippen molar-refractivity contribution in [1.82, 2.24) is 25.0 Å². The fourth-order valence-electron chi connectivity index (χ4n) is 10.6. The Morgan fingerprint density at radius 1 is 0.750 bits per heavy atom. The number of phenolic OH excluding ortho intramolecular Hbond substituents is 1. The molecule has 376 valence electrons. The van der Waals surface area contributed by atoms with Crippen LogP contribution in [0.2, 0.25) is 0 Å². The van der Waals surface area contributed by atoms with Gasteiger partial charge in [0.2, 0.25) is 11.2 Å². The number of aliphatic hydroxyl groups excluding tert-OH is 1. The number of phenols is 1. The molecular weight excluding hydrogens is 911 g/mol. The number of ether oxygens (including phenoxy) is 2. The molecule has 72 heavy (non-hydrogen) atoms. The number of benzene rings is 5. The van der Waals surface area contributed by atoms with E-state index in [-0.39, 0.29) is 54.2 Å². The number of rotatable bonds is 17. The number of carbonyl (C=O) groups is 3. The topological polar surface area (TPSA) is 185 Å². The van der Waals surface area contributed by atoms with Crippen molar-refractivity contribution in [2.24, 2.45) is 11.3 Å². The Hall–Kier alpha value is -6.84. The number of likely N-dealkylation sites (tertiary alicyclic amines) is 3. The Labute approximate surface area is 420 Å². The molecule has 2 atom stereocenters. The summed E-state index contributed by atoms with van der Waals surface area (Å²) in [5.74, 6) is -0.367. The zero-order chi connectivity index (χ0) is 50.1. The number of hydrogen-bond acceptors (Lipinski definition) is 11. The maximum atomic E-state index is 13.9. The van der Waals surface area contributed by atoms with Crippen LogP contribution in [-0.4, -0.2) is 118 Å². The molecule has 5 aromatic carbocycles. The Balaban J connectivity index is 0.706. The third kappa shape index (κ3) is 11.7. The van der Waals surface area contributed by atoms with Gasteiger partial charge in [0.15, 0.2) is 6.61 Å². The van der Waals surface area contributed by atoms with Crippen LogP contribution in [0.1, 0.15) is 82.8 Å². The summed E-state index contributed by atoms with van der Waals surface area (Å²) < 4.78 is 12.0. The second kappa shape index (κ2) is 22.7. The van der Waals surface area contributed by atoms with E-state index >= 15 is 0 Å². The zero-order valence-corrected chi connectivity index (χ0v) is 40.7. The van der Waals surface area contributed by atoms with Crippen LogP contribution in [0.25, 0.3) is 10.9 Å². The number of aromatic amines is 1. The summed E-state index contributed by atoms with van der Waals surface area (Å²) in [6, 6.07) is 39.7. The number of aromatic nitrogens is 1. The Bertz CT molecular complexity index is 2850. The number of piperidine rings is 3. The lowest BCUT2D eigenvalue weighted by molar-refractivity contribution is -0.164. The number of amides is 2. The van der Waals surface area contributed by atoms with Crippen LogP contribution < -0.4 is 15.6 Å². The number of esters is 1. The first-order chi connectivity index (χ1) is 35.0. The van der Waals surface area contributed by atoms with Gasteiger partial charge in [0.1, 0.15) is 11.5 Å². The number of aliphatic hydroxyl groups is 2. The summed E-state index contributed by atoms with van der Waals surface area (Å²) >= 11 is 0. The summed E-state index contributed by atoms with van der Waals surface area (Å²) in [7, 11) is 0. The molecule has 14 nitrogen and oxygen atoms in total. The number of nitrogens with one attached hydrogen (secondary N) is 2. The van der Waals surface area contributed by atoms with Crippen molar-refractivity contribution in [2.45, 2.75) is 63.2 Å². The molecule has 1 spiro atoms. The van der Waals surface area contributed by atoms with Gasteiger partial charge >= 0.3 is 5.97 Å². The van der Waals surface area contributed by atoms with Gasteiger partial charge in [-0.05, 0) is 135 Å². The van der Waals surface area contributed by atoms with Crippen molar-refractivity contribution < 1.29 is 39.2 Å². The first-order valence-electron chi connectivity index (χ1n) is 25.3. The molecule has 5 N–H and O–H groups in total. The Morgan fingerprint density at radius 2 is 1.42 bits per heavy atom. The van der Waals surface area contributed by atoms with Crippen LogP contribution in [0.4, 0.5) is 0 Å². The van der Waals surface area contributed by atoms with Crippen LogP contribution >= 0.6 is 0 Å². The average Bonchev–Trinajstić information content (AvgIpc) is 3.42. The van der Waals surface area contributed by atoms with Crippen molar-refractivity contribution >= 4 is 28.7 Å². The van der Waals surface area contributed by atoms with Crippen molar-refractivity contribution in [1.29, 1.82) is 0 Å². The lowest BCUT2D eigenvalue weighted by atomic mass is 9.71. The number of hydrogen-bond donors (Lipinski definition) is 5. The van der Waals surface area contributed by atoms with Crippen LogP contribution in [0, 0.1) is 11.3 Å². The standard InChI is InChI=1S/C58H65N5O9/c64-50-20-18-48(49-19-21-52(66)60-54(49)50)51(65)37-59-29-22-41-14-16-44(17-15-41)55(68)63-34-27-57(28-35-63)25-32-62(33-26-57)53(67)40-71-47-13-7-12-46(36-47)58(70,45-10-5-2-6-11-45)56(69)72-39-43-23-30-61(31-24-43)38-42-8-3-1-4-9-42/h1-21,36,43,51,59,64-65,70H,22-35,37-40H2,(H,60,66)/t51-,58-/m0/s1. The average molecular weight is 976 g/mol. The van der Waals surface area contributed by atoms with Crippen LogP contribution in [0.5, 0.6) is 11.5 Å². The van der Waals surface area contributed by atoms with Gasteiger partial charge in [-0.2, -0.15) is 0 Å². The van der Waals surface area contributed by atoms with Gasteiger partial charge in [-0.25, -0.2) is 4.79 Å². The molecule has 3 fully saturated rings. The quantitative estimate of drug-likeness (QED) is 0.0484.